The smallest absolute Gasteiger partial charge is 0.374 e. The Bertz CT molecular complexity index is 601. The van der Waals surface area contributed by atoms with Gasteiger partial charge in [-0.1, -0.05) is 11.2 Å². The highest BCUT2D eigenvalue weighted by Crippen LogP contribution is 2.34. The second kappa shape index (κ2) is 4.52. The summed E-state index contributed by atoms with van der Waals surface area (Å²) in [6.45, 7) is 3.92. The van der Waals surface area contributed by atoms with E-state index in [-0.39, 0.29) is 5.76 Å². The van der Waals surface area contributed by atoms with Gasteiger partial charge in [0, 0.05) is 11.6 Å². The lowest BCUT2D eigenvalue weighted by atomic mass is 10.0. The SMILES string of the molecule is COc1c(-c2cc(C(=O)O)on2)ccc(C)c1C. The number of methoxy groups -OCH3 is 1. The second-order valence-corrected chi connectivity index (χ2v) is 3.97. The molecule has 1 N–H and O–H groups in total. The summed E-state index contributed by atoms with van der Waals surface area (Å²) >= 11 is 0. The first kappa shape index (κ1) is 12.2. The average Bonchev–Trinajstić information content (AvgIpc) is 2.82. The third kappa shape index (κ3) is 1.95. The maximum absolute atomic E-state index is 10.8. The van der Waals surface area contributed by atoms with Gasteiger partial charge in [0.25, 0.3) is 0 Å². The van der Waals surface area contributed by atoms with Crippen molar-refractivity contribution < 1.29 is 19.2 Å². The van der Waals surface area contributed by atoms with E-state index in [0.29, 0.717) is 11.4 Å². The normalized spacial score (nSPS) is 10.4. The average molecular weight is 247 g/mol. The zero-order valence-corrected chi connectivity index (χ0v) is 10.4. The van der Waals surface area contributed by atoms with Gasteiger partial charge in [-0.3, -0.25) is 0 Å². The Labute approximate surface area is 104 Å². The number of carboxylic acids is 1. The minimum Gasteiger partial charge on any atom is -0.496 e. The third-order valence-corrected chi connectivity index (χ3v) is 2.88. The summed E-state index contributed by atoms with van der Waals surface area (Å²) in [4.78, 5) is 10.8. The molecular weight excluding hydrogens is 234 g/mol. The molecule has 0 aliphatic carbocycles. The molecule has 0 fully saturated rings. The van der Waals surface area contributed by atoms with Gasteiger partial charge in [-0.05, 0) is 31.0 Å². The van der Waals surface area contributed by atoms with Crippen LogP contribution in [-0.4, -0.2) is 23.3 Å². The lowest BCUT2D eigenvalue weighted by Gasteiger charge is -2.11. The van der Waals surface area contributed by atoms with Gasteiger partial charge in [-0.15, -0.1) is 0 Å². The van der Waals surface area contributed by atoms with E-state index < -0.39 is 5.97 Å². The fraction of sp³-hybridized carbons (Fsp3) is 0.231. The number of ether oxygens (including phenoxy) is 1. The number of aromatic nitrogens is 1. The van der Waals surface area contributed by atoms with Crippen LogP contribution in [0.15, 0.2) is 22.7 Å². The number of hydrogen-bond acceptors (Lipinski definition) is 4. The van der Waals surface area contributed by atoms with Crippen LogP contribution in [0.4, 0.5) is 0 Å². The minimum atomic E-state index is -1.14. The maximum atomic E-state index is 10.8. The van der Waals surface area contributed by atoms with E-state index in [1.807, 2.05) is 26.0 Å². The first-order valence-electron chi connectivity index (χ1n) is 5.39. The Kier molecular flexibility index (Phi) is 3.06. The molecule has 0 aliphatic rings. The van der Waals surface area contributed by atoms with Crippen molar-refractivity contribution >= 4 is 5.97 Å². The van der Waals surface area contributed by atoms with Crippen LogP contribution in [-0.2, 0) is 0 Å². The van der Waals surface area contributed by atoms with Gasteiger partial charge in [0.2, 0.25) is 5.76 Å². The van der Waals surface area contributed by atoms with Crippen molar-refractivity contribution in [3.8, 4) is 17.0 Å². The van der Waals surface area contributed by atoms with Crippen molar-refractivity contribution in [2.75, 3.05) is 7.11 Å². The van der Waals surface area contributed by atoms with E-state index in [9.17, 15) is 4.79 Å². The molecule has 2 rings (SSSR count). The number of aromatic carboxylic acids is 1. The van der Waals surface area contributed by atoms with Crippen molar-refractivity contribution in [1.29, 1.82) is 0 Å². The number of carbonyl (C=O) groups is 1. The molecule has 0 saturated heterocycles. The number of nitrogens with zero attached hydrogens (tertiary/aromatic N) is 1. The number of aryl methyl sites for hydroxylation is 1. The molecule has 5 heteroatoms. The predicted octanol–water partition coefficient (Wildman–Crippen LogP) is 2.67. The van der Waals surface area contributed by atoms with Crippen LogP contribution in [0.2, 0.25) is 0 Å². The fourth-order valence-electron chi connectivity index (χ4n) is 1.76. The number of rotatable bonds is 3. The highest BCUT2D eigenvalue weighted by Gasteiger charge is 2.17. The van der Waals surface area contributed by atoms with E-state index >= 15 is 0 Å². The van der Waals surface area contributed by atoms with Crippen molar-refractivity contribution in [2.45, 2.75) is 13.8 Å². The second-order valence-electron chi connectivity index (χ2n) is 3.97. The zero-order valence-electron chi connectivity index (χ0n) is 10.4. The predicted molar refractivity (Wildman–Crippen MR) is 64.9 cm³/mol. The molecule has 1 aromatic carbocycles. The molecule has 1 heterocycles. The quantitative estimate of drug-likeness (QED) is 0.902. The van der Waals surface area contributed by atoms with E-state index in [1.165, 1.54) is 6.07 Å². The standard InChI is InChI=1S/C13H13NO4/c1-7-4-5-9(12(17-3)8(7)2)10-6-11(13(15)16)18-14-10/h4-6H,1-3H3,(H,15,16). The highest BCUT2D eigenvalue weighted by molar-refractivity contribution is 5.86. The maximum Gasteiger partial charge on any atom is 0.374 e. The Morgan fingerprint density at radius 2 is 2.11 bits per heavy atom. The molecule has 1 aromatic heterocycles. The monoisotopic (exact) mass is 247 g/mol. The first-order valence-corrected chi connectivity index (χ1v) is 5.39. The van der Waals surface area contributed by atoms with Crippen LogP contribution in [0, 0.1) is 13.8 Å². The van der Waals surface area contributed by atoms with E-state index in [1.54, 1.807) is 7.11 Å². The topological polar surface area (TPSA) is 72.6 Å². The number of benzene rings is 1. The van der Waals surface area contributed by atoms with Crippen LogP contribution in [0.25, 0.3) is 11.3 Å². The Morgan fingerprint density at radius 3 is 2.67 bits per heavy atom. The lowest BCUT2D eigenvalue weighted by molar-refractivity contribution is 0.0652. The molecule has 0 atom stereocenters. The van der Waals surface area contributed by atoms with Crippen molar-refractivity contribution in [3.05, 3.63) is 35.1 Å². The van der Waals surface area contributed by atoms with Crippen LogP contribution in [0.1, 0.15) is 21.7 Å². The number of carboxylic acid groups (broad SMARTS) is 1. The van der Waals surface area contributed by atoms with Gasteiger partial charge in [0.1, 0.15) is 11.4 Å². The highest BCUT2D eigenvalue weighted by atomic mass is 16.5. The summed E-state index contributed by atoms with van der Waals surface area (Å²) in [5, 5.41) is 12.6. The zero-order chi connectivity index (χ0) is 13.3. The number of hydrogen-bond donors (Lipinski definition) is 1. The molecule has 0 saturated carbocycles. The molecule has 5 nitrogen and oxygen atoms in total. The van der Waals surface area contributed by atoms with E-state index in [0.717, 1.165) is 16.7 Å². The van der Waals surface area contributed by atoms with Gasteiger partial charge in [-0.25, -0.2) is 4.79 Å². The largest absolute Gasteiger partial charge is 0.496 e. The summed E-state index contributed by atoms with van der Waals surface area (Å²) in [6, 6.07) is 5.15. The lowest BCUT2D eigenvalue weighted by Crippen LogP contribution is -1.94. The molecule has 0 bridgehead atoms. The summed E-state index contributed by atoms with van der Waals surface area (Å²) in [5.74, 6) is -0.651. The van der Waals surface area contributed by atoms with Gasteiger partial charge < -0.3 is 14.4 Å². The molecule has 0 spiro atoms. The molecule has 18 heavy (non-hydrogen) atoms. The van der Waals surface area contributed by atoms with Gasteiger partial charge in [0.05, 0.1) is 7.11 Å². The van der Waals surface area contributed by atoms with Crippen molar-refractivity contribution in [1.82, 2.24) is 5.16 Å². The molecule has 94 valence electrons. The van der Waals surface area contributed by atoms with Gasteiger partial charge in [0.15, 0.2) is 0 Å². The Hall–Kier alpha value is -2.30. The molecule has 0 aliphatic heterocycles. The summed E-state index contributed by atoms with van der Waals surface area (Å²) in [6.07, 6.45) is 0. The van der Waals surface area contributed by atoms with E-state index in [2.05, 4.69) is 5.16 Å². The third-order valence-electron chi connectivity index (χ3n) is 2.88. The fourth-order valence-corrected chi connectivity index (χ4v) is 1.76. The van der Waals surface area contributed by atoms with Crippen molar-refractivity contribution in [3.63, 3.8) is 0 Å². The van der Waals surface area contributed by atoms with Crippen LogP contribution in [0.5, 0.6) is 5.75 Å². The Balaban J connectivity index is 2.56. The molecule has 2 aromatic rings. The minimum absolute atomic E-state index is 0.190. The summed E-state index contributed by atoms with van der Waals surface area (Å²) in [7, 11) is 1.57. The van der Waals surface area contributed by atoms with Crippen LogP contribution < -0.4 is 4.74 Å². The molecular formula is C13H13NO4. The van der Waals surface area contributed by atoms with Gasteiger partial charge in [-0.2, -0.15) is 0 Å². The molecule has 0 radical (unpaired) electrons. The summed E-state index contributed by atoms with van der Waals surface area (Å²) in [5.41, 5.74) is 3.26. The Morgan fingerprint density at radius 1 is 1.39 bits per heavy atom. The van der Waals surface area contributed by atoms with Crippen LogP contribution >= 0.6 is 0 Å². The van der Waals surface area contributed by atoms with Crippen LogP contribution in [0.3, 0.4) is 0 Å². The van der Waals surface area contributed by atoms with Gasteiger partial charge >= 0.3 is 5.97 Å². The van der Waals surface area contributed by atoms with E-state index in [4.69, 9.17) is 14.4 Å². The molecule has 0 unspecified atom stereocenters. The van der Waals surface area contributed by atoms with Crippen molar-refractivity contribution in [2.24, 2.45) is 0 Å². The summed E-state index contributed by atoms with van der Waals surface area (Å²) < 4.78 is 10.1. The molecule has 0 amide bonds. The first-order chi connectivity index (χ1) is 8.54.